The summed E-state index contributed by atoms with van der Waals surface area (Å²) in [5.74, 6) is -0.284. The summed E-state index contributed by atoms with van der Waals surface area (Å²) in [5, 5.41) is 9.09. The first-order valence-electron chi connectivity index (χ1n) is 11.4. The molecular formula is C25H23ClF3N5OS. The summed E-state index contributed by atoms with van der Waals surface area (Å²) in [6, 6.07) is 9.51. The molecule has 0 atom stereocenters. The number of likely N-dealkylation sites (tertiary alicyclic amines) is 1. The van der Waals surface area contributed by atoms with Crippen LogP contribution in [0.15, 0.2) is 52.5 Å². The molecule has 188 valence electrons. The van der Waals surface area contributed by atoms with Crippen LogP contribution in [0, 0.1) is 0 Å². The molecule has 6 nitrogen and oxygen atoms in total. The van der Waals surface area contributed by atoms with E-state index in [2.05, 4.69) is 27.4 Å². The molecule has 0 aliphatic carbocycles. The lowest BCUT2D eigenvalue weighted by molar-refractivity contribution is -0.138. The Morgan fingerprint density at radius 2 is 1.97 bits per heavy atom. The van der Waals surface area contributed by atoms with E-state index in [-0.39, 0.29) is 23.0 Å². The summed E-state index contributed by atoms with van der Waals surface area (Å²) < 4.78 is 42.0. The van der Waals surface area contributed by atoms with Crippen molar-refractivity contribution < 1.29 is 18.0 Å². The number of benzene rings is 2. The van der Waals surface area contributed by atoms with Crippen molar-refractivity contribution in [2.45, 2.75) is 31.6 Å². The van der Waals surface area contributed by atoms with Crippen LogP contribution in [0.1, 0.15) is 29.5 Å². The molecule has 3 heterocycles. The number of amidine groups is 1. The van der Waals surface area contributed by atoms with E-state index in [0.717, 1.165) is 42.9 Å². The number of carbonyl (C=O) groups is 1. The van der Waals surface area contributed by atoms with Crippen molar-refractivity contribution in [2.24, 2.45) is 4.99 Å². The molecule has 0 spiro atoms. The third kappa shape index (κ3) is 5.45. The van der Waals surface area contributed by atoms with Gasteiger partial charge in [-0.3, -0.25) is 9.48 Å². The molecule has 1 N–H and O–H groups in total. The number of aromatic nitrogens is 2. The van der Waals surface area contributed by atoms with Crippen LogP contribution in [0.5, 0.6) is 0 Å². The van der Waals surface area contributed by atoms with Gasteiger partial charge in [0.05, 0.1) is 28.7 Å². The first-order valence-corrected chi connectivity index (χ1v) is 12.6. The van der Waals surface area contributed by atoms with E-state index in [1.54, 1.807) is 18.3 Å². The standard InChI is InChI=1S/C25H23ClF3N5OS/c1-33-8-6-19(7-9-33)31-24-32-23(35)22(36-24)11-15-2-5-21-17(10-15)13-30-34(21)14-16-3-4-18(26)12-20(16)25(27,28)29/h2-5,10-13,19H,6-9,14H2,1H3,(H,31,32,35)/b22-11-. The van der Waals surface area contributed by atoms with E-state index < -0.39 is 11.7 Å². The summed E-state index contributed by atoms with van der Waals surface area (Å²) in [6.45, 7) is 1.97. The van der Waals surface area contributed by atoms with E-state index in [9.17, 15) is 18.0 Å². The number of carbonyl (C=O) groups excluding carboxylic acids is 1. The van der Waals surface area contributed by atoms with Crippen LogP contribution in [-0.2, 0) is 17.5 Å². The van der Waals surface area contributed by atoms with Crippen LogP contribution in [0.25, 0.3) is 17.0 Å². The minimum atomic E-state index is -4.52. The molecule has 1 fully saturated rings. The normalized spacial score (nSPS) is 18.9. The Bertz CT molecular complexity index is 1380. The Labute approximate surface area is 215 Å². The molecule has 5 rings (SSSR count). The smallest absolute Gasteiger partial charge is 0.361 e. The van der Waals surface area contributed by atoms with Gasteiger partial charge < -0.3 is 10.2 Å². The van der Waals surface area contributed by atoms with Gasteiger partial charge in [0, 0.05) is 16.5 Å². The van der Waals surface area contributed by atoms with Crippen molar-refractivity contribution in [3.63, 3.8) is 0 Å². The maximum atomic E-state index is 13.5. The number of piperidine rings is 1. The Morgan fingerprint density at radius 1 is 1.19 bits per heavy atom. The number of hydrogen-bond donors (Lipinski definition) is 1. The summed E-state index contributed by atoms with van der Waals surface area (Å²) in [5.41, 5.74) is 0.780. The van der Waals surface area contributed by atoms with Crippen LogP contribution in [-0.4, -0.2) is 51.9 Å². The quantitative estimate of drug-likeness (QED) is 0.454. The number of alkyl halides is 3. The second kappa shape index (κ2) is 9.91. The Hall–Kier alpha value is -2.82. The van der Waals surface area contributed by atoms with Gasteiger partial charge in [0.1, 0.15) is 0 Å². The third-order valence-corrected chi connectivity index (χ3v) is 7.48. The average Bonchev–Trinajstić information content (AvgIpc) is 3.38. The molecule has 3 aromatic rings. The van der Waals surface area contributed by atoms with Crippen LogP contribution in [0.4, 0.5) is 13.2 Å². The lowest BCUT2D eigenvalue weighted by Gasteiger charge is -2.29. The van der Waals surface area contributed by atoms with E-state index >= 15 is 0 Å². The maximum absolute atomic E-state index is 13.5. The number of rotatable bonds is 4. The zero-order valence-electron chi connectivity index (χ0n) is 19.3. The number of hydrogen-bond acceptors (Lipinski definition) is 5. The lowest BCUT2D eigenvalue weighted by atomic mass is 10.1. The van der Waals surface area contributed by atoms with Gasteiger partial charge in [-0.05, 0) is 86.2 Å². The van der Waals surface area contributed by atoms with Crippen molar-refractivity contribution in [3.8, 4) is 0 Å². The van der Waals surface area contributed by atoms with Crippen LogP contribution < -0.4 is 5.32 Å². The van der Waals surface area contributed by atoms with Gasteiger partial charge in [-0.15, -0.1) is 0 Å². The van der Waals surface area contributed by atoms with E-state index in [0.29, 0.717) is 21.6 Å². The summed E-state index contributed by atoms with van der Waals surface area (Å²) >= 11 is 7.12. The van der Waals surface area contributed by atoms with Gasteiger partial charge in [-0.1, -0.05) is 23.7 Å². The molecule has 0 saturated carbocycles. The second-order valence-corrected chi connectivity index (χ2v) is 10.4. The average molecular weight is 534 g/mol. The highest BCUT2D eigenvalue weighted by molar-refractivity contribution is 8.18. The molecule has 0 radical (unpaired) electrons. The highest BCUT2D eigenvalue weighted by atomic mass is 35.5. The largest absolute Gasteiger partial charge is 0.416 e. The van der Waals surface area contributed by atoms with Crippen LogP contribution >= 0.6 is 23.4 Å². The van der Waals surface area contributed by atoms with E-state index in [1.165, 1.54) is 28.6 Å². The minimum absolute atomic E-state index is 0.0297. The van der Waals surface area contributed by atoms with E-state index in [1.807, 2.05) is 12.1 Å². The predicted octanol–water partition coefficient (Wildman–Crippen LogP) is 5.41. The van der Waals surface area contributed by atoms with Crippen molar-refractivity contribution in [1.29, 1.82) is 0 Å². The number of amides is 1. The Balaban J connectivity index is 1.31. The number of halogens is 4. The van der Waals surface area contributed by atoms with Gasteiger partial charge in [0.2, 0.25) is 0 Å². The second-order valence-electron chi connectivity index (χ2n) is 8.97. The maximum Gasteiger partial charge on any atom is 0.416 e. The summed E-state index contributed by atoms with van der Waals surface area (Å²) in [7, 11) is 2.10. The third-order valence-electron chi connectivity index (χ3n) is 6.33. The molecule has 1 amide bonds. The highest BCUT2D eigenvalue weighted by Gasteiger charge is 2.33. The number of nitrogens with zero attached hydrogens (tertiary/aromatic N) is 4. The number of thioether (sulfide) groups is 1. The molecule has 1 aromatic heterocycles. The number of nitrogens with one attached hydrogen (secondary N) is 1. The summed E-state index contributed by atoms with van der Waals surface area (Å²) in [4.78, 5) is 19.4. The molecule has 36 heavy (non-hydrogen) atoms. The number of aliphatic imine (C=N–C) groups is 1. The predicted molar refractivity (Wildman–Crippen MR) is 137 cm³/mol. The van der Waals surface area contributed by atoms with Crippen LogP contribution in [0.3, 0.4) is 0 Å². The van der Waals surface area contributed by atoms with Crippen molar-refractivity contribution in [3.05, 3.63) is 69.2 Å². The molecule has 2 aliphatic heterocycles. The zero-order chi connectivity index (χ0) is 25.4. The summed E-state index contributed by atoms with van der Waals surface area (Å²) in [6.07, 6.45) is 0.872. The SMILES string of the molecule is CN1CCC(NC2=NC(=O)/C(=C/c3ccc4c(cnn4Cc4ccc(Cl)cc4C(F)(F)F)c3)S2)CC1. The zero-order valence-corrected chi connectivity index (χ0v) is 20.9. The Kier molecular flexibility index (Phi) is 6.84. The van der Waals surface area contributed by atoms with Gasteiger partial charge in [-0.25, -0.2) is 0 Å². The first-order chi connectivity index (χ1) is 17.2. The molecule has 1 saturated heterocycles. The Morgan fingerprint density at radius 3 is 2.72 bits per heavy atom. The molecule has 2 aromatic carbocycles. The minimum Gasteiger partial charge on any atom is -0.361 e. The topological polar surface area (TPSA) is 62.5 Å². The molecule has 2 aliphatic rings. The number of fused-ring (bicyclic) bond motifs is 1. The monoisotopic (exact) mass is 533 g/mol. The van der Waals surface area contributed by atoms with Gasteiger partial charge in [0.25, 0.3) is 5.91 Å². The van der Waals surface area contributed by atoms with E-state index in [4.69, 9.17) is 11.6 Å². The lowest BCUT2D eigenvalue weighted by Crippen LogP contribution is -2.42. The molecular weight excluding hydrogens is 511 g/mol. The fourth-order valence-electron chi connectivity index (χ4n) is 4.38. The highest BCUT2D eigenvalue weighted by Crippen LogP contribution is 2.35. The van der Waals surface area contributed by atoms with Crippen molar-refractivity contribution in [2.75, 3.05) is 20.1 Å². The molecule has 11 heteroatoms. The molecule has 0 unspecified atom stereocenters. The van der Waals surface area contributed by atoms with Crippen molar-refractivity contribution >= 4 is 51.4 Å². The molecule has 0 bridgehead atoms. The van der Waals surface area contributed by atoms with Gasteiger partial charge in [0.15, 0.2) is 5.17 Å². The van der Waals surface area contributed by atoms with Crippen molar-refractivity contribution in [1.82, 2.24) is 20.0 Å². The van der Waals surface area contributed by atoms with Gasteiger partial charge >= 0.3 is 6.18 Å². The fraction of sp³-hybridized carbons (Fsp3) is 0.320. The van der Waals surface area contributed by atoms with Gasteiger partial charge in [-0.2, -0.15) is 23.3 Å². The van der Waals surface area contributed by atoms with Crippen LogP contribution in [0.2, 0.25) is 5.02 Å². The first kappa shape index (κ1) is 24.9. The fourth-order valence-corrected chi connectivity index (χ4v) is 5.45.